The SMILES string of the molecule is CCc1cc(C(=O)Nc2ccc(OCCOC)nc2)n[nH]1. The first-order chi connectivity index (χ1) is 10.2. The lowest BCUT2D eigenvalue weighted by Gasteiger charge is -2.06. The van der Waals surface area contributed by atoms with Crippen LogP contribution in [-0.4, -0.2) is 41.4 Å². The molecule has 7 nitrogen and oxygen atoms in total. The average Bonchev–Trinajstić information content (AvgIpc) is 2.98. The Morgan fingerprint density at radius 2 is 2.24 bits per heavy atom. The third kappa shape index (κ3) is 4.28. The molecule has 2 N–H and O–H groups in total. The van der Waals surface area contributed by atoms with Crippen molar-refractivity contribution in [2.45, 2.75) is 13.3 Å². The summed E-state index contributed by atoms with van der Waals surface area (Å²) in [6, 6.07) is 5.14. The molecule has 21 heavy (non-hydrogen) atoms. The summed E-state index contributed by atoms with van der Waals surface area (Å²) in [5, 5.41) is 9.48. The van der Waals surface area contributed by atoms with Crippen LogP contribution in [0.4, 0.5) is 5.69 Å². The highest BCUT2D eigenvalue weighted by molar-refractivity contribution is 6.02. The van der Waals surface area contributed by atoms with Gasteiger partial charge in [-0.2, -0.15) is 5.10 Å². The van der Waals surface area contributed by atoms with Crippen molar-refractivity contribution in [1.29, 1.82) is 0 Å². The third-order valence-electron chi connectivity index (χ3n) is 2.78. The number of carbonyl (C=O) groups is 1. The second-order valence-corrected chi connectivity index (χ2v) is 4.31. The van der Waals surface area contributed by atoms with Gasteiger partial charge in [0.1, 0.15) is 6.61 Å². The quantitative estimate of drug-likeness (QED) is 0.757. The Morgan fingerprint density at radius 3 is 2.86 bits per heavy atom. The molecule has 2 rings (SSSR count). The van der Waals surface area contributed by atoms with E-state index in [1.165, 1.54) is 6.20 Å². The number of nitrogens with one attached hydrogen (secondary N) is 2. The average molecular weight is 290 g/mol. The van der Waals surface area contributed by atoms with Gasteiger partial charge in [-0.05, 0) is 18.6 Å². The van der Waals surface area contributed by atoms with Crippen molar-refractivity contribution in [3.63, 3.8) is 0 Å². The third-order valence-corrected chi connectivity index (χ3v) is 2.78. The number of rotatable bonds is 7. The van der Waals surface area contributed by atoms with Crippen LogP contribution in [0, 0.1) is 0 Å². The number of anilines is 1. The molecule has 0 bridgehead atoms. The zero-order valence-corrected chi connectivity index (χ0v) is 12.0. The van der Waals surface area contributed by atoms with E-state index in [0.29, 0.717) is 30.5 Å². The Hall–Kier alpha value is -2.41. The van der Waals surface area contributed by atoms with Crippen molar-refractivity contribution in [3.05, 3.63) is 35.8 Å². The van der Waals surface area contributed by atoms with Gasteiger partial charge in [0.2, 0.25) is 5.88 Å². The fourth-order valence-electron chi connectivity index (χ4n) is 1.62. The second kappa shape index (κ2) is 7.39. The molecule has 0 radical (unpaired) electrons. The molecule has 0 fully saturated rings. The molecule has 0 unspecified atom stereocenters. The first-order valence-corrected chi connectivity index (χ1v) is 6.66. The molecule has 0 saturated heterocycles. The lowest BCUT2D eigenvalue weighted by atomic mass is 10.3. The maximum atomic E-state index is 12.0. The first-order valence-electron chi connectivity index (χ1n) is 6.66. The number of H-pyrrole nitrogens is 1. The molecule has 0 aliphatic heterocycles. The molecule has 7 heteroatoms. The van der Waals surface area contributed by atoms with E-state index < -0.39 is 0 Å². The fraction of sp³-hybridized carbons (Fsp3) is 0.357. The fourth-order valence-corrected chi connectivity index (χ4v) is 1.62. The van der Waals surface area contributed by atoms with Crippen molar-refractivity contribution < 1.29 is 14.3 Å². The number of pyridine rings is 1. The number of hydrogen-bond acceptors (Lipinski definition) is 5. The maximum Gasteiger partial charge on any atom is 0.276 e. The predicted molar refractivity (Wildman–Crippen MR) is 77.5 cm³/mol. The first kappa shape index (κ1) is 15.0. The van der Waals surface area contributed by atoms with Gasteiger partial charge in [0.05, 0.1) is 18.5 Å². The number of nitrogens with zero attached hydrogens (tertiary/aromatic N) is 2. The Balaban J connectivity index is 1.91. The Morgan fingerprint density at radius 1 is 1.38 bits per heavy atom. The van der Waals surface area contributed by atoms with Crippen LogP contribution in [0.5, 0.6) is 5.88 Å². The zero-order chi connectivity index (χ0) is 15.1. The van der Waals surface area contributed by atoms with Crippen LogP contribution >= 0.6 is 0 Å². The normalized spacial score (nSPS) is 10.4. The van der Waals surface area contributed by atoms with Gasteiger partial charge < -0.3 is 14.8 Å². The van der Waals surface area contributed by atoms with E-state index in [9.17, 15) is 4.79 Å². The number of amides is 1. The van der Waals surface area contributed by atoms with Gasteiger partial charge in [-0.25, -0.2) is 4.98 Å². The molecule has 2 aromatic rings. The van der Waals surface area contributed by atoms with Gasteiger partial charge in [-0.15, -0.1) is 0 Å². The molecular weight excluding hydrogens is 272 g/mol. The standard InChI is InChI=1S/C14H18N4O3/c1-3-10-8-12(18-17-10)14(19)16-11-4-5-13(15-9-11)21-7-6-20-2/h4-5,8-9H,3,6-7H2,1-2H3,(H,16,19)(H,17,18). The summed E-state index contributed by atoms with van der Waals surface area (Å²) in [5.41, 5.74) is 1.85. The van der Waals surface area contributed by atoms with Crippen LogP contribution in [0.15, 0.2) is 24.4 Å². The monoisotopic (exact) mass is 290 g/mol. The summed E-state index contributed by atoms with van der Waals surface area (Å²) in [5.74, 6) is 0.207. The number of methoxy groups -OCH3 is 1. The molecule has 0 saturated carbocycles. The molecule has 0 aromatic carbocycles. The van der Waals surface area contributed by atoms with Gasteiger partial charge in [0, 0.05) is 18.9 Å². The van der Waals surface area contributed by atoms with Crippen LogP contribution in [0.25, 0.3) is 0 Å². The van der Waals surface area contributed by atoms with Gasteiger partial charge in [-0.3, -0.25) is 9.89 Å². The van der Waals surface area contributed by atoms with Crippen LogP contribution in [0.2, 0.25) is 0 Å². The zero-order valence-electron chi connectivity index (χ0n) is 12.0. The van der Waals surface area contributed by atoms with E-state index in [2.05, 4.69) is 20.5 Å². The Labute approximate surface area is 122 Å². The van der Waals surface area contributed by atoms with E-state index >= 15 is 0 Å². The van der Waals surface area contributed by atoms with Gasteiger partial charge in [0.15, 0.2) is 5.69 Å². The van der Waals surface area contributed by atoms with E-state index in [-0.39, 0.29) is 5.91 Å². The molecular formula is C14H18N4O3. The molecule has 2 heterocycles. The van der Waals surface area contributed by atoms with E-state index in [1.54, 1.807) is 25.3 Å². The van der Waals surface area contributed by atoms with Crippen LogP contribution in [0.3, 0.4) is 0 Å². The number of carbonyl (C=O) groups excluding carboxylic acids is 1. The van der Waals surface area contributed by atoms with Crippen LogP contribution < -0.4 is 10.1 Å². The minimum atomic E-state index is -0.277. The highest BCUT2D eigenvalue weighted by Gasteiger charge is 2.10. The summed E-state index contributed by atoms with van der Waals surface area (Å²) in [6.07, 6.45) is 2.34. The molecule has 0 atom stereocenters. The van der Waals surface area contributed by atoms with Crippen LogP contribution in [0.1, 0.15) is 23.1 Å². The van der Waals surface area contributed by atoms with Gasteiger partial charge in [-0.1, -0.05) is 6.92 Å². The van der Waals surface area contributed by atoms with Crippen LogP contribution in [-0.2, 0) is 11.2 Å². The summed E-state index contributed by atoms with van der Waals surface area (Å²) in [4.78, 5) is 16.1. The Bertz CT molecular complexity index is 580. The summed E-state index contributed by atoms with van der Waals surface area (Å²) in [6.45, 7) is 2.92. The largest absolute Gasteiger partial charge is 0.475 e. The van der Waals surface area contributed by atoms with Crippen molar-refractivity contribution in [1.82, 2.24) is 15.2 Å². The number of hydrogen-bond donors (Lipinski definition) is 2. The van der Waals surface area contributed by atoms with Crippen molar-refractivity contribution in [3.8, 4) is 5.88 Å². The molecule has 2 aromatic heterocycles. The highest BCUT2D eigenvalue weighted by atomic mass is 16.5. The minimum absolute atomic E-state index is 0.277. The molecule has 0 aliphatic rings. The molecule has 1 amide bonds. The van der Waals surface area contributed by atoms with Gasteiger partial charge in [0.25, 0.3) is 5.91 Å². The molecule has 0 spiro atoms. The summed E-state index contributed by atoms with van der Waals surface area (Å²) >= 11 is 0. The Kier molecular flexibility index (Phi) is 5.28. The van der Waals surface area contributed by atoms with Crippen molar-refractivity contribution in [2.75, 3.05) is 25.6 Å². The molecule has 0 aliphatic carbocycles. The van der Waals surface area contributed by atoms with Gasteiger partial charge >= 0.3 is 0 Å². The number of aromatic amines is 1. The number of aryl methyl sites for hydroxylation is 1. The van der Waals surface area contributed by atoms with E-state index in [0.717, 1.165) is 12.1 Å². The maximum absolute atomic E-state index is 12.0. The van der Waals surface area contributed by atoms with E-state index in [4.69, 9.17) is 9.47 Å². The minimum Gasteiger partial charge on any atom is -0.475 e. The summed E-state index contributed by atoms with van der Waals surface area (Å²) in [7, 11) is 1.61. The predicted octanol–water partition coefficient (Wildman–Crippen LogP) is 1.64. The smallest absolute Gasteiger partial charge is 0.276 e. The number of aromatic nitrogens is 3. The molecule has 112 valence electrons. The lowest BCUT2D eigenvalue weighted by molar-refractivity contribution is 0.102. The van der Waals surface area contributed by atoms with Crippen molar-refractivity contribution in [2.24, 2.45) is 0 Å². The highest BCUT2D eigenvalue weighted by Crippen LogP contribution is 2.12. The number of ether oxygens (including phenoxy) is 2. The topological polar surface area (TPSA) is 89.1 Å². The summed E-state index contributed by atoms with van der Waals surface area (Å²) < 4.78 is 10.2. The second-order valence-electron chi connectivity index (χ2n) is 4.31. The lowest BCUT2D eigenvalue weighted by Crippen LogP contribution is -2.12. The van der Waals surface area contributed by atoms with Crippen molar-refractivity contribution >= 4 is 11.6 Å². The van der Waals surface area contributed by atoms with E-state index in [1.807, 2.05) is 6.92 Å².